The van der Waals surface area contributed by atoms with E-state index in [4.69, 9.17) is 4.74 Å². The van der Waals surface area contributed by atoms with Crippen molar-refractivity contribution < 1.29 is 4.74 Å². The van der Waals surface area contributed by atoms with Gasteiger partial charge in [0.1, 0.15) is 0 Å². The fourth-order valence-electron chi connectivity index (χ4n) is 3.62. The lowest BCUT2D eigenvalue weighted by atomic mass is 9.90. The van der Waals surface area contributed by atoms with Gasteiger partial charge in [0.05, 0.1) is 12.7 Å². The van der Waals surface area contributed by atoms with Gasteiger partial charge in [0.15, 0.2) is 0 Å². The minimum Gasteiger partial charge on any atom is -0.373 e. The topological polar surface area (TPSA) is 9.23 Å². The van der Waals surface area contributed by atoms with Crippen LogP contribution in [0.1, 0.15) is 62.7 Å². The van der Waals surface area contributed by atoms with Gasteiger partial charge in [-0.1, -0.05) is 80.3 Å². The fraction of sp³-hybridized carbons (Fsp3) is 0.478. The van der Waals surface area contributed by atoms with E-state index in [0.29, 0.717) is 6.10 Å². The second kappa shape index (κ2) is 8.48. The van der Waals surface area contributed by atoms with Crippen LogP contribution in [0, 0.1) is 12.8 Å². The number of unbranched alkanes of at least 4 members (excludes halogenated alkanes) is 2. The van der Waals surface area contributed by atoms with E-state index >= 15 is 0 Å². The molecular weight excluding hydrogens is 292 g/mol. The zero-order chi connectivity index (χ0) is 16.8. The van der Waals surface area contributed by atoms with Gasteiger partial charge in [-0.15, -0.1) is 0 Å². The van der Waals surface area contributed by atoms with Crippen LogP contribution in [-0.4, -0.2) is 6.61 Å². The Hall–Kier alpha value is -1.60. The summed E-state index contributed by atoms with van der Waals surface area (Å²) in [5.74, 6) is 0.777. The molecule has 1 saturated heterocycles. The summed E-state index contributed by atoms with van der Waals surface area (Å²) in [6.45, 7) is 5.34. The summed E-state index contributed by atoms with van der Waals surface area (Å²) in [4.78, 5) is 0. The van der Waals surface area contributed by atoms with E-state index < -0.39 is 0 Å². The minimum absolute atomic E-state index is 0.291. The number of rotatable bonds is 6. The number of ether oxygens (including phenoxy) is 1. The van der Waals surface area contributed by atoms with E-state index in [1.165, 1.54) is 60.8 Å². The molecule has 0 aromatic heterocycles. The molecule has 0 radical (unpaired) electrons. The van der Waals surface area contributed by atoms with Gasteiger partial charge in [-0.05, 0) is 48.8 Å². The van der Waals surface area contributed by atoms with Gasteiger partial charge >= 0.3 is 0 Å². The first-order chi connectivity index (χ1) is 11.8. The highest BCUT2D eigenvalue weighted by molar-refractivity contribution is 5.64. The lowest BCUT2D eigenvalue weighted by Crippen LogP contribution is -2.20. The predicted octanol–water partition coefficient (Wildman–Crippen LogP) is 6.71. The van der Waals surface area contributed by atoms with Crippen LogP contribution in [0.5, 0.6) is 0 Å². The summed E-state index contributed by atoms with van der Waals surface area (Å²) in [6.07, 6.45) is 8.14. The number of hydrogen-bond donors (Lipinski definition) is 0. The van der Waals surface area contributed by atoms with Crippen molar-refractivity contribution in [2.75, 3.05) is 6.61 Å². The molecule has 0 aliphatic carbocycles. The standard InChI is InChI=1S/C23H30O/c1-3-4-5-6-19-9-16-23(24-17-19)22-14-12-21(13-15-22)20-10-7-18(2)8-11-20/h7-8,10-15,19,23H,3-6,9,16-17H2,1-2H3. The molecule has 1 heteroatoms. The van der Waals surface area contributed by atoms with Crippen LogP contribution in [0.15, 0.2) is 48.5 Å². The summed E-state index contributed by atoms with van der Waals surface area (Å²) in [5.41, 5.74) is 5.21. The van der Waals surface area contributed by atoms with Gasteiger partial charge in [-0.2, -0.15) is 0 Å². The molecule has 0 amide bonds. The summed E-state index contributed by atoms with van der Waals surface area (Å²) in [6, 6.07) is 17.7. The molecule has 128 valence electrons. The Labute approximate surface area is 147 Å². The molecule has 2 aromatic rings. The van der Waals surface area contributed by atoms with Gasteiger partial charge in [0.2, 0.25) is 0 Å². The molecule has 0 spiro atoms. The second-order valence-electron chi connectivity index (χ2n) is 7.25. The Kier molecular flexibility index (Phi) is 6.09. The van der Waals surface area contributed by atoms with Crippen molar-refractivity contribution >= 4 is 0 Å². The maximum atomic E-state index is 6.17. The van der Waals surface area contributed by atoms with E-state index in [1.807, 2.05) is 0 Å². The van der Waals surface area contributed by atoms with E-state index in [-0.39, 0.29) is 0 Å². The highest BCUT2D eigenvalue weighted by atomic mass is 16.5. The largest absolute Gasteiger partial charge is 0.373 e. The van der Waals surface area contributed by atoms with Gasteiger partial charge in [0, 0.05) is 0 Å². The Balaban J connectivity index is 1.56. The van der Waals surface area contributed by atoms with Crippen molar-refractivity contribution in [1.82, 2.24) is 0 Å². The SMILES string of the molecule is CCCCCC1CCC(c2ccc(-c3ccc(C)cc3)cc2)OC1. The molecule has 2 unspecified atom stereocenters. The first-order valence-corrected chi connectivity index (χ1v) is 9.55. The number of benzene rings is 2. The van der Waals surface area contributed by atoms with Crippen molar-refractivity contribution in [3.8, 4) is 11.1 Å². The third-order valence-corrected chi connectivity index (χ3v) is 5.25. The minimum atomic E-state index is 0.291. The van der Waals surface area contributed by atoms with Crippen LogP contribution < -0.4 is 0 Å². The number of aryl methyl sites for hydroxylation is 1. The lowest BCUT2D eigenvalue weighted by molar-refractivity contribution is -0.0198. The van der Waals surface area contributed by atoms with E-state index in [2.05, 4.69) is 62.4 Å². The quantitative estimate of drug-likeness (QED) is 0.537. The molecule has 1 aliphatic rings. The fourth-order valence-corrected chi connectivity index (χ4v) is 3.62. The highest BCUT2D eigenvalue weighted by Crippen LogP contribution is 2.33. The summed E-state index contributed by atoms with van der Waals surface area (Å²) < 4.78 is 6.17. The monoisotopic (exact) mass is 322 g/mol. The van der Waals surface area contributed by atoms with Crippen LogP contribution in [0.3, 0.4) is 0 Å². The van der Waals surface area contributed by atoms with Crippen molar-refractivity contribution in [3.05, 3.63) is 59.7 Å². The van der Waals surface area contributed by atoms with Crippen molar-refractivity contribution in [2.45, 2.75) is 58.5 Å². The molecule has 24 heavy (non-hydrogen) atoms. The zero-order valence-electron chi connectivity index (χ0n) is 15.1. The van der Waals surface area contributed by atoms with Crippen LogP contribution in [0.4, 0.5) is 0 Å². The highest BCUT2D eigenvalue weighted by Gasteiger charge is 2.22. The molecular formula is C23H30O. The van der Waals surface area contributed by atoms with Gasteiger partial charge < -0.3 is 4.74 Å². The maximum absolute atomic E-state index is 6.17. The normalized spacial score (nSPS) is 20.9. The van der Waals surface area contributed by atoms with Gasteiger partial charge in [-0.3, -0.25) is 0 Å². The summed E-state index contributed by atoms with van der Waals surface area (Å²) >= 11 is 0. The Morgan fingerprint density at radius 3 is 2.12 bits per heavy atom. The Morgan fingerprint density at radius 2 is 1.54 bits per heavy atom. The molecule has 0 saturated carbocycles. The molecule has 1 fully saturated rings. The molecule has 0 bridgehead atoms. The van der Waals surface area contributed by atoms with Crippen molar-refractivity contribution in [3.63, 3.8) is 0 Å². The second-order valence-corrected chi connectivity index (χ2v) is 7.25. The summed E-state index contributed by atoms with van der Waals surface area (Å²) in [7, 11) is 0. The average molecular weight is 322 g/mol. The summed E-state index contributed by atoms with van der Waals surface area (Å²) in [5, 5.41) is 0. The molecule has 2 atom stereocenters. The van der Waals surface area contributed by atoms with Crippen LogP contribution in [-0.2, 0) is 4.74 Å². The van der Waals surface area contributed by atoms with Gasteiger partial charge in [0.25, 0.3) is 0 Å². The third kappa shape index (κ3) is 4.48. The molecule has 2 aromatic carbocycles. The Morgan fingerprint density at radius 1 is 0.875 bits per heavy atom. The Bertz CT molecular complexity index is 603. The van der Waals surface area contributed by atoms with Crippen molar-refractivity contribution in [2.24, 2.45) is 5.92 Å². The van der Waals surface area contributed by atoms with Gasteiger partial charge in [-0.25, -0.2) is 0 Å². The van der Waals surface area contributed by atoms with Crippen molar-refractivity contribution in [1.29, 1.82) is 0 Å². The number of hydrogen-bond acceptors (Lipinski definition) is 1. The first kappa shape index (κ1) is 17.2. The van der Waals surface area contributed by atoms with Crippen LogP contribution in [0.2, 0.25) is 0 Å². The predicted molar refractivity (Wildman–Crippen MR) is 102 cm³/mol. The maximum Gasteiger partial charge on any atom is 0.0825 e. The zero-order valence-corrected chi connectivity index (χ0v) is 15.1. The average Bonchev–Trinajstić information content (AvgIpc) is 2.63. The molecule has 1 heterocycles. The van der Waals surface area contributed by atoms with E-state index in [1.54, 1.807) is 0 Å². The van der Waals surface area contributed by atoms with E-state index in [9.17, 15) is 0 Å². The molecule has 1 aliphatic heterocycles. The lowest BCUT2D eigenvalue weighted by Gasteiger charge is -2.29. The van der Waals surface area contributed by atoms with Crippen LogP contribution in [0.25, 0.3) is 11.1 Å². The molecule has 1 nitrogen and oxygen atoms in total. The first-order valence-electron chi connectivity index (χ1n) is 9.55. The third-order valence-electron chi connectivity index (χ3n) is 5.25. The smallest absolute Gasteiger partial charge is 0.0825 e. The molecule has 3 rings (SSSR count). The van der Waals surface area contributed by atoms with Crippen LogP contribution >= 0.6 is 0 Å². The molecule has 0 N–H and O–H groups in total. The van der Waals surface area contributed by atoms with E-state index in [0.717, 1.165) is 12.5 Å².